The third-order valence-corrected chi connectivity index (χ3v) is 2.80. The van der Waals surface area contributed by atoms with Gasteiger partial charge in [0.2, 0.25) is 0 Å². The highest BCUT2D eigenvalue weighted by Gasteiger charge is 2.48. The highest BCUT2D eigenvalue weighted by molar-refractivity contribution is 5.71. The summed E-state index contributed by atoms with van der Waals surface area (Å²) in [6.45, 7) is 9.73. The molecule has 16 heavy (non-hydrogen) atoms. The maximum absolute atomic E-state index is 12.0. The third-order valence-electron chi connectivity index (χ3n) is 2.80. The number of nitrogens with zero attached hydrogens (tertiary/aromatic N) is 1. The summed E-state index contributed by atoms with van der Waals surface area (Å²) < 4.78 is 5.36. The SMILES string of the molecule is CC(C)(C)OC(=O)N1C(CCO)CC1(C)C. The number of aliphatic hydroxyl groups is 1. The van der Waals surface area contributed by atoms with Crippen LogP contribution >= 0.6 is 0 Å². The molecule has 0 spiro atoms. The van der Waals surface area contributed by atoms with Crippen molar-refractivity contribution in [1.82, 2.24) is 4.90 Å². The third kappa shape index (κ3) is 2.88. The van der Waals surface area contributed by atoms with Gasteiger partial charge in [-0.15, -0.1) is 0 Å². The van der Waals surface area contributed by atoms with Crippen LogP contribution < -0.4 is 0 Å². The van der Waals surface area contributed by atoms with Crippen LogP contribution in [0.5, 0.6) is 0 Å². The van der Waals surface area contributed by atoms with Gasteiger partial charge in [0.1, 0.15) is 5.60 Å². The van der Waals surface area contributed by atoms with Crippen LogP contribution in [0.1, 0.15) is 47.5 Å². The van der Waals surface area contributed by atoms with Crippen LogP contribution in [0, 0.1) is 0 Å². The van der Waals surface area contributed by atoms with E-state index < -0.39 is 5.60 Å². The van der Waals surface area contributed by atoms with Gasteiger partial charge in [-0.25, -0.2) is 4.79 Å². The molecule has 0 aromatic heterocycles. The molecule has 0 aliphatic carbocycles. The minimum atomic E-state index is -0.466. The first-order chi connectivity index (χ1) is 7.17. The Morgan fingerprint density at radius 2 is 2.06 bits per heavy atom. The van der Waals surface area contributed by atoms with Gasteiger partial charge in [0.25, 0.3) is 0 Å². The highest BCUT2D eigenvalue weighted by Crippen LogP contribution is 2.38. The Kier molecular flexibility index (Phi) is 3.53. The molecule has 0 radical (unpaired) electrons. The second-order valence-electron chi connectivity index (χ2n) is 6.03. The van der Waals surface area contributed by atoms with Crippen molar-refractivity contribution < 1.29 is 14.6 Å². The van der Waals surface area contributed by atoms with Crippen molar-refractivity contribution in [3.05, 3.63) is 0 Å². The van der Waals surface area contributed by atoms with Crippen molar-refractivity contribution in [2.24, 2.45) is 0 Å². The van der Waals surface area contributed by atoms with Crippen LogP contribution in [0.4, 0.5) is 4.79 Å². The Balaban J connectivity index is 2.65. The van der Waals surface area contributed by atoms with Gasteiger partial charge in [0.05, 0.1) is 0 Å². The maximum Gasteiger partial charge on any atom is 0.410 e. The van der Waals surface area contributed by atoms with Crippen LogP contribution in [-0.4, -0.2) is 39.9 Å². The Bertz CT molecular complexity index is 268. The number of ether oxygens (including phenoxy) is 1. The Hall–Kier alpha value is -0.770. The summed E-state index contributed by atoms with van der Waals surface area (Å²) in [5.74, 6) is 0. The van der Waals surface area contributed by atoms with Crippen molar-refractivity contribution in [3.8, 4) is 0 Å². The molecule has 0 aromatic carbocycles. The molecule has 0 aromatic rings. The first kappa shape index (κ1) is 13.3. The van der Waals surface area contributed by atoms with Gasteiger partial charge < -0.3 is 9.84 Å². The molecule has 1 heterocycles. The number of aliphatic hydroxyl groups excluding tert-OH is 1. The van der Waals surface area contributed by atoms with E-state index in [4.69, 9.17) is 9.84 Å². The van der Waals surface area contributed by atoms with Crippen molar-refractivity contribution in [2.45, 2.75) is 64.6 Å². The average molecular weight is 229 g/mol. The van der Waals surface area contributed by atoms with Crippen LogP contribution in [0.25, 0.3) is 0 Å². The standard InChI is InChI=1S/C12H23NO3/c1-11(2,3)16-10(15)13-9(6-7-14)8-12(13,4)5/h9,14H,6-8H2,1-5H3. The van der Waals surface area contributed by atoms with Crippen molar-refractivity contribution in [2.75, 3.05) is 6.61 Å². The molecule has 0 saturated carbocycles. The number of carbonyl (C=O) groups excluding carboxylic acids is 1. The van der Waals surface area contributed by atoms with E-state index in [0.717, 1.165) is 6.42 Å². The second-order valence-corrected chi connectivity index (χ2v) is 6.03. The van der Waals surface area contributed by atoms with Crippen LogP contribution in [0.3, 0.4) is 0 Å². The Morgan fingerprint density at radius 1 is 1.50 bits per heavy atom. The van der Waals surface area contributed by atoms with Gasteiger partial charge in [-0.3, -0.25) is 4.90 Å². The molecule has 0 bridgehead atoms. The van der Waals surface area contributed by atoms with Crippen LogP contribution in [0.2, 0.25) is 0 Å². The van der Waals surface area contributed by atoms with Crippen molar-refractivity contribution in [3.63, 3.8) is 0 Å². The molecule has 1 atom stereocenters. The first-order valence-electron chi connectivity index (χ1n) is 5.80. The van der Waals surface area contributed by atoms with Crippen molar-refractivity contribution >= 4 is 6.09 Å². The van der Waals surface area contributed by atoms with E-state index in [1.165, 1.54) is 0 Å². The number of amides is 1. The summed E-state index contributed by atoms with van der Waals surface area (Å²) in [7, 11) is 0. The van der Waals surface area contributed by atoms with Crippen LogP contribution in [0.15, 0.2) is 0 Å². The predicted molar refractivity (Wildman–Crippen MR) is 62.3 cm³/mol. The minimum Gasteiger partial charge on any atom is -0.444 e. The monoisotopic (exact) mass is 229 g/mol. The molecule has 1 fully saturated rings. The maximum atomic E-state index is 12.0. The lowest BCUT2D eigenvalue weighted by atomic mass is 9.80. The molecule has 1 saturated heterocycles. The predicted octanol–water partition coefficient (Wildman–Crippen LogP) is 2.16. The lowest BCUT2D eigenvalue weighted by Gasteiger charge is -2.54. The van der Waals surface area contributed by atoms with E-state index in [2.05, 4.69) is 0 Å². The summed E-state index contributed by atoms with van der Waals surface area (Å²) >= 11 is 0. The molecular formula is C12H23NO3. The molecule has 1 aliphatic heterocycles. The number of hydrogen-bond donors (Lipinski definition) is 1. The lowest BCUT2D eigenvalue weighted by molar-refractivity contribution is -0.0702. The molecule has 1 rings (SSSR count). The lowest BCUT2D eigenvalue weighted by Crippen LogP contribution is -2.65. The molecule has 4 heteroatoms. The van der Waals surface area contributed by atoms with Gasteiger partial charge in [-0.1, -0.05) is 0 Å². The Labute approximate surface area is 97.6 Å². The van der Waals surface area contributed by atoms with E-state index in [0.29, 0.717) is 6.42 Å². The zero-order chi connectivity index (χ0) is 12.6. The van der Waals surface area contributed by atoms with E-state index >= 15 is 0 Å². The van der Waals surface area contributed by atoms with E-state index in [1.54, 1.807) is 4.90 Å². The fourth-order valence-corrected chi connectivity index (χ4v) is 2.24. The number of rotatable bonds is 2. The van der Waals surface area contributed by atoms with Crippen molar-refractivity contribution in [1.29, 1.82) is 0 Å². The van der Waals surface area contributed by atoms with Gasteiger partial charge in [0.15, 0.2) is 0 Å². The summed E-state index contributed by atoms with van der Waals surface area (Å²) in [6.07, 6.45) is 1.28. The molecule has 4 nitrogen and oxygen atoms in total. The zero-order valence-electron chi connectivity index (χ0n) is 10.9. The molecular weight excluding hydrogens is 206 g/mol. The molecule has 94 valence electrons. The van der Waals surface area contributed by atoms with E-state index in [-0.39, 0.29) is 24.3 Å². The molecule has 1 unspecified atom stereocenters. The summed E-state index contributed by atoms with van der Waals surface area (Å²) in [5, 5.41) is 8.93. The summed E-state index contributed by atoms with van der Waals surface area (Å²) in [6, 6.07) is 0.120. The first-order valence-corrected chi connectivity index (χ1v) is 5.80. The normalized spacial score (nSPS) is 23.9. The smallest absolute Gasteiger partial charge is 0.410 e. The summed E-state index contributed by atoms with van der Waals surface area (Å²) in [5.41, 5.74) is -0.616. The topological polar surface area (TPSA) is 49.8 Å². The van der Waals surface area contributed by atoms with Crippen LogP contribution in [-0.2, 0) is 4.74 Å². The summed E-state index contributed by atoms with van der Waals surface area (Å²) in [4.78, 5) is 13.7. The fraction of sp³-hybridized carbons (Fsp3) is 0.917. The molecule has 1 N–H and O–H groups in total. The number of carbonyl (C=O) groups is 1. The minimum absolute atomic E-state index is 0.111. The molecule has 1 aliphatic rings. The molecule has 1 amide bonds. The number of likely N-dealkylation sites (tertiary alicyclic amines) is 1. The zero-order valence-corrected chi connectivity index (χ0v) is 10.9. The second kappa shape index (κ2) is 4.24. The van der Waals surface area contributed by atoms with Gasteiger partial charge in [0, 0.05) is 18.2 Å². The quantitative estimate of drug-likeness (QED) is 0.789. The van der Waals surface area contributed by atoms with Gasteiger partial charge in [-0.05, 0) is 47.5 Å². The largest absolute Gasteiger partial charge is 0.444 e. The van der Waals surface area contributed by atoms with E-state index in [1.807, 2.05) is 34.6 Å². The number of hydrogen-bond acceptors (Lipinski definition) is 3. The highest BCUT2D eigenvalue weighted by atomic mass is 16.6. The van der Waals surface area contributed by atoms with E-state index in [9.17, 15) is 4.79 Å². The Morgan fingerprint density at radius 3 is 2.44 bits per heavy atom. The average Bonchev–Trinajstić information content (AvgIpc) is 1.97. The fourth-order valence-electron chi connectivity index (χ4n) is 2.24. The van der Waals surface area contributed by atoms with Gasteiger partial charge in [-0.2, -0.15) is 0 Å². The van der Waals surface area contributed by atoms with Gasteiger partial charge >= 0.3 is 6.09 Å².